The van der Waals surface area contributed by atoms with Gasteiger partial charge in [-0.2, -0.15) is 0 Å². The van der Waals surface area contributed by atoms with E-state index in [0.29, 0.717) is 6.07 Å². The van der Waals surface area contributed by atoms with Crippen LogP contribution in [0.4, 0.5) is 14.5 Å². The molecule has 1 aromatic carbocycles. The molecule has 0 spiro atoms. The van der Waals surface area contributed by atoms with E-state index in [1.165, 1.54) is 0 Å². The number of hydrogen-bond donors (Lipinski definition) is 1. The number of aliphatic carboxylic acids is 1. The summed E-state index contributed by atoms with van der Waals surface area (Å²) in [5, 5.41) is 12.7. The average molecular weight is 240 g/mol. The van der Waals surface area contributed by atoms with Gasteiger partial charge < -0.3 is 15.2 Å². The number of hydrogen-bond acceptors (Lipinski definition) is 3. The molecule has 6 heteroatoms. The van der Waals surface area contributed by atoms with E-state index in [0.717, 1.165) is 12.1 Å². The molecule has 4 nitrogen and oxygen atoms in total. The highest BCUT2D eigenvalue weighted by Gasteiger charge is 2.43. The van der Waals surface area contributed by atoms with Crippen LogP contribution in [0.1, 0.15) is 6.42 Å². The standard InChI is InChI=1S/C11H9F2NO3/c12-5-1-6(13)3-7(2-5)14-10(15)8-4-9(8)11(16)17/h1-3,8-9H,4H2,(H,14,15)(H,16,17)/p-1/t8-,9+/m1/s1. The van der Waals surface area contributed by atoms with Gasteiger partial charge in [-0.15, -0.1) is 0 Å². The summed E-state index contributed by atoms with van der Waals surface area (Å²) in [7, 11) is 0. The molecular formula is C11H8F2NO3-. The number of carbonyl (C=O) groups is 2. The predicted octanol–water partition coefficient (Wildman–Crippen LogP) is 0.289. The Morgan fingerprint density at radius 1 is 1.18 bits per heavy atom. The molecule has 0 saturated heterocycles. The summed E-state index contributed by atoms with van der Waals surface area (Å²) in [4.78, 5) is 21.9. The van der Waals surface area contributed by atoms with Crippen LogP contribution in [0, 0.1) is 23.5 Å². The fourth-order valence-corrected chi connectivity index (χ4v) is 1.61. The molecule has 0 unspecified atom stereocenters. The Bertz CT molecular complexity index is 469. The molecule has 1 amide bonds. The van der Waals surface area contributed by atoms with Crippen LogP contribution in [0.3, 0.4) is 0 Å². The maximum Gasteiger partial charge on any atom is 0.228 e. The first kappa shape index (κ1) is 11.5. The van der Waals surface area contributed by atoms with E-state index in [2.05, 4.69) is 5.32 Å². The minimum absolute atomic E-state index is 0.0310. The maximum absolute atomic E-state index is 12.8. The zero-order valence-corrected chi connectivity index (χ0v) is 8.57. The van der Waals surface area contributed by atoms with E-state index in [1.54, 1.807) is 0 Å². The van der Waals surface area contributed by atoms with Gasteiger partial charge in [0.15, 0.2) is 0 Å². The van der Waals surface area contributed by atoms with Crippen LogP contribution in [0.2, 0.25) is 0 Å². The van der Waals surface area contributed by atoms with Gasteiger partial charge in [-0.25, -0.2) is 8.78 Å². The van der Waals surface area contributed by atoms with Gasteiger partial charge in [0.1, 0.15) is 11.6 Å². The molecule has 0 radical (unpaired) electrons. The summed E-state index contributed by atoms with van der Waals surface area (Å²) in [5.74, 6) is -4.94. The van der Waals surface area contributed by atoms with Crippen LogP contribution >= 0.6 is 0 Å². The minimum Gasteiger partial charge on any atom is -0.550 e. The molecule has 1 fully saturated rings. The van der Waals surface area contributed by atoms with Crippen molar-refractivity contribution in [2.45, 2.75) is 6.42 Å². The third-order valence-electron chi connectivity index (χ3n) is 2.56. The number of carboxylic acids is 1. The van der Waals surface area contributed by atoms with Crippen LogP contribution in [0.15, 0.2) is 18.2 Å². The third-order valence-corrected chi connectivity index (χ3v) is 2.56. The minimum atomic E-state index is -1.28. The summed E-state index contributed by atoms with van der Waals surface area (Å²) in [6.45, 7) is 0. The normalized spacial score (nSPS) is 22.0. The molecule has 1 aromatic rings. The van der Waals surface area contributed by atoms with Gasteiger partial charge in [0.2, 0.25) is 5.91 Å². The van der Waals surface area contributed by atoms with Crippen molar-refractivity contribution in [3.63, 3.8) is 0 Å². The lowest BCUT2D eigenvalue weighted by molar-refractivity contribution is -0.308. The first-order valence-corrected chi connectivity index (χ1v) is 4.95. The summed E-state index contributed by atoms with van der Waals surface area (Å²) >= 11 is 0. The van der Waals surface area contributed by atoms with Crippen LogP contribution in [-0.4, -0.2) is 11.9 Å². The summed E-state index contributed by atoms with van der Waals surface area (Å²) in [6.07, 6.45) is 0.200. The number of carbonyl (C=O) groups excluding carboxylic acids is 2. The average Bonchev–Trinajstić information content (AvgIpc) is 2.94. The fraction of sp³-hybridized carbons (Fsp3) is 0.273. The smallest absolute Gasteiger partial charge is 0.228 e. The molecule has 0 heterocycles. The molecule has 2 atom stereocenters. The first-order valence-electron chi connectivity index (χ1n) is 4.95. The molecule has 0 aromatic heterocycles. The Morgan fingerprint density at radius 3 is 2.24 bits per heavy atom. The molecule has 90 valence electrons. The van der Waals surface area contributed by atoms with Crippen molar-refractivity contribution in [1.29, 1.82) is 0 Å². The highest BCUT2D eigenvalue weighted by atomic mass is 19.1. The van der Waals surface area contributed by atoms with Gasteiger partial charge >= 0.3 is 0 Å². The SMILES string of the molecule is O=C([O-])[C@H]1C[C@H]1C(=O)Nc1cc(F)cc(F)c1. The lowest BCUT2D eigenvalue weighted by Gasteiger charge is -2.05. The van der Waals surface area contributed by atoms with Crippen molar-refractivity contribution in [2.75, 3.05) is 5.32 Å². The Morgan fingerprint density at radius 2 is 1.76 bits per heavy atom. The number of halogens is 2. The number of nitrogens with one attached hydrogen (secondary N) is 1. The van der Waals surface area contributed by atoms with E-state index in [1.807, 2.05) is 0 Å². The molecule has 2 rings (SSSR count). The fourth-order valence-electron chi connectivity index (χ4n) is 1.61. The van der Waals surface area contributed by atoms with Crippen LogP contribution < -0.4 is 10.4 Å². The zero-order chi connectivity index (χ0) is 12.6. The predicted molar refractivity (Wildman–Crippen MR) is 51.6 cm³/mol. The lowest BCUT2D eigenvalue weighted by atomic mass is 10.2. The van der Waals surface area contributed by atoms with E-state index >= 15 is 0 Å². The van der Waals surface area contributed by atoms with Crippen molar-refractivity contribution in [2.24, 2.45) is 11.8 Å². The summed E-state index contributed by atoms with van der Waals surface area (Å²) < 4.78 is 25.6. The maximum atomic E-state index is 12.8. The van der Waals surface area contributed by atoms with Crippen molar-refractivity contribution in [3.8, 4) is 0 Å². The lowest BCUT2D eigenvalue weighted by Crippen LogP contribution is -2.27. The highest BCUT2D eigenvalue weighted by molar-refractivity contribution is 5.97. The number of anilines is 1. The van der Waals surface area contributed by atoms with Crippen molar-refractivity contribution in [3.05, 3.63) is 29.8 Å². The number of benzene rings is 1. The second-order valence-corrected chi connectivity index (χ2v) is 3.92. The number of carboxylic acid groups (broad SMARTS) is 1. The Balaban J connectivity index is 2.02. The molecule has 0 aliphatic heterocycles. The molecule has 0 bridgehead atoms. The molecule has 1 aliphatic carbocycles. The third kappa shape index (κ3) is 2.58. The molecule has 1 N–H and O–H groups in total. The Hall–Kier alpha value is -1.98. The number of amides is 1. The second kappa shape index (κ2) is 4.12. The van der Waals surface area contributed by atoms with Crippen LogP contribution in [0.5, 0.6) is 0 Å². The molecular weight excluding hydrogens is 232 g/mol. The van der Waals surface area contributed by atoms with E-state index in [-0.39, 0.29) is 12.1 Å². The zero-order valence-electron chi connectivity index (χ0n) is 8.57. The quantitative estimate of drug-likeness (QED) is 0.825. The van der Waals surface area contributed by atoms with Gasteiger partial charge in [-0.1, -0.05) is 0 Å². The van der Waals surface area contributed by atoms with Gasteiger partial charge in [-0.05, 0) is 18.6 Å². The van der Waals surface area contributed by atoms with Crippen LogP contribution in [-0.2, 0) is 9.59 Å². The first-order chi connectivity index (χ1) is 7.97. The van der Waals surface area contributed by atoms with Crippen molar-refractivity contribution < 1.29 is 23.5 Å². The Labute approximate surface area is 95.2 Å². The largest absolute Gasteiger partial charge is 0.550 e. The van der Waals surface area contributed by atoms with Gasteiger partial charge in [0, 0.05) is 29.6 Å². The van der Waals surface area contributed by atoms with E-state index < -0.39 is 35.3 Å². The van der Waals surface area contributed by atoms with Gasteiger partial charge in [0.25, 0.3) is 0 Å². The molecule has 17 heavy (non-hydrogen) atoms. The van der Waals surface area contributed by atoms with E-state index in [9.17, 15) is 23.5 Å². The summed E-state index contributed by atoms with van der Waals surface area (Å²) in [5.41, 5.74) is -0.0310. The van der Waals surface area contributed by atoms with Gasteiger partial charge in [0.05, 0.1) is 0 Å². The Kier molecular flexibility index (Phi) is 2.79. The number of rotatable bonds is 3. The molecule has 1 saturated carbocycles. The second-order valence-electron chi connectivity index (χ2n) is 3.92. The van der Waals surface area contributed by atoms with Crippen molar-refractivity contribution >= 4 is 17.6 Å². The summed E-state index contributed by atoms with van der Waals surface area (Å²) in [6, 6.07) is 2.59. The monoisotopic (exact) mass is 240 g/mol. The molecule has 1 aliphatic rings. The van der Waals surface area contributed by atoms with Crippen LogP contribution in [0.25, 0.3) is 0 Å². The highest BCUT2D eigenvalue weighted by Crippen LogP contribution is 2.38. The van der Waals surface area contributed by atoms with E-state index in [4.69, 9.17) is 0 Å². The topological polar surface area (TPSA) is 69.2 Å². The van der Waals surface area contributed by atoms with Gasteiger partial charge in [-0.3, -0.25) is 4.79 Å². The van der Waals surface area contributed by atoms with Crippen molar-refractivity contribution in [1.82, 2.24) is 0 Å².